The molecule has 0 radical (unpaired) electrons. The van der Waals surface area contributed by atoms with Crippen LogP contribution in [0, 0.1) is 0 Å². The number of nitrogens with zero attached hydrogens (tertiary/aromatic N) is 2. The number of carbonyl (C=O) groups is 1. The molecule has 1 atom stereocenters. The fraction of sp³-hybridized carbons (Fsp3) is 0.286. The van der Waals surface area contributed by atoms with Crippen LogP contribution in [0.15, 0.2) is 35.8 Å². The van der Waals surface area contributed by atoms with Crippen molar-refractivity contribution in [3.05, 3.63) is 46.4 Å². The summed E-state index contributed by atoms with van der Waals surface area (Å²) in [5.41, 5.74) is 0.752. The van der Waals surface area contributed by atoms with Gasteiger partial charge in [-0.3, -0.25) is 0 Å². The molecule has 1 N–H and O–H groups in total. The van der Waals surface area contributed by atoms with E-state index in [9.17, 15) is 4.79 Å². The van der Waals surface area contributed by atoms with Gasteiger partial charge < -0.3 is 10.0 Å². The summed E-state index contributed by atoms with van der Waals surface area (Å²) in [6.45, 7) is 2.08. The van der Waals surface area contributed by atoms with Gasteiger partial charge in [0, 0.05) is 30.6 Å². The van der Waals surface area contributed by atoms with E-state index in [2.05, 4.69) is 23.4 Å². The summed E-state index contributed by atoms with van der Waals surface area (Å²) in [4.78, 5) is 18.4. The Labute approximate surface area is 116 Å². The standard InChI is InChI=1S/C14H16N2O2S/c1-10(9-11-5-4-8-19-11)16(2)12-6-3-7-15-13(12)14(17)18/h3-8,10H,9H2,1-2H3,(H,17,18). The lowest BCUT2D eigenvalue weighted by atomic mass is 10.1. The molecule has 2 aromatic rings. The van der Waals surface area contributed by atoms with Crippen LogP contribution in [0.3, 0.4) is 0 Å². The van der Waals surface area contributed by atoms with Crippen molar-refractivity contribution < 1.29 is 9.90 Å². The number of hydrogen-bond acceptors (Lipinski definition) is 4. The molecule has 5 heteroatoms. The molecule has 2 aromatic heterocycles. The number of likely N-dealkylation sites (N-methyl/N-ethyl adjacent to an activating group) is 1. The van der Waals surface area contributed by atoms with E-state index < -0.39 is 5.97 Å². The molecule has 0 saturated heterocycles. The van der Waals surface area contributed by atoms with Crippen molar-refractivity contribution >= 4 is 23.0 Å². The van der Waals surface area contributed by atoms with Crippen molar-refractivity contribution in [3.8, 4) is 0 Å². The van der Waals surface area contributed by atoms with Gasteiger partial charge in [0.15, 0.2) is 5.69 Å². The summed E-state index contributed by atoms with van der Waals surface area (Å²) in [7, 11) is 1.90. The summed E-state index contributed by atoms with van der Waals surface area (Å²) in [6, 6.07) is 7.88. The summed E-state index contributed by atoms with van der Waals surface area (Å²) in [6.07, 6.45) is 2.40. The predicted octanol–water partition coefficient (Wildman–Crippen LogP) is 2.91. The molecule has 0 bridgehead atoms. The van der Waals surface area contributed by atoms with Gasteiger partial charge in [0.25, 0.3) is 0 Å². The van der Waals surface area contributed by atoms with Crippen molar-refractivity contribution in [3.63, 3.8) is 0 Å². The van der Waals surface area contributed by atoms with Gasteiger partial charge in [-0.05, 0) is 30.5 Å². The molecular weight excluding hydrogens is 260 g/mol. The van der Waals surface area contributed by atoms with Crippen molar-refractivity contribution in [2.24, 2.45) is 0 Å². The largest absolute Gasteiger partial charge is 0.476 e. The summed E-state index contributed by atoms with van der Waals surface area (Å²) in [5.74, 6) is -0.995. The fourth-order valence-electron chi connectivity index (χ4n) is 1.94. The predicted molar refractivity (Wildman–Crippen MR) is 77.1 cm³/mol. The van der Waals surface area contributed by atoms with Gasteiger partial charge in [-0.2, -0.15) is 0 Å². The van der Waals surface area contributed by atoms with Gasteiger partial charge in [0.1, 0.15) is 0 Å². The number of pyridine rings is 1. The zero-order valence-electron chi connectivity index (χ0n) is 10.9. The van der Waals surface area contributed by atoms with Gasteiger partial charge in [0.05, 0.1) is 5.69 Å². The normalized spacial score (nSPS) is 12.1. The first-order valence-corrected chi connectivity index (χ1v) is 6.91. The topological polar surface area (TPSA) is 53.4 Å². The second-order valence-electron chi connectivity index (χ2n) is 4.42. The molecule has 4 nitrogen and oxygen atoms in total. The Morgan fingerprint density at radius 2 is 2.26 bits per heavy atom. The molecule has 0 saturated carbocycles. The van der Waals surface area contributed by atoms with Crippen molar-refractivity contribution in [2.75, 3.05) is 11.9 Å². The highest BCUT2D eigenvalue weighted by atomic mass is 32.1. The van der Waals surface area contributed by atoms with Crippen LogP contribution >= 0.6 is 11.3 Å². The molecular formula is C14H16N2O2S. The Kier molecular flexibility index (Phi) is 4.16. The van der Waals surface area contributed by atoms with E-state index in [1.54, 1.807) is 23.5 Å². The highest BCUT2D eigenvalue weighted by Gasteiger charge is 2.18. The highest BCUT2D eigenvalue weighted by Crippen LogP contribution is 2.22. The zero-order valence-corrected chi connectivity index (χ0v) is 11.7. The van der Waals surface area contributed by atoms with Crippen LogP contribution in [0.4, 0.5) is 5.69 Å². The molecule has 19 heavy (non-hydrogen) atoms. The Bertz CT molecular complexity index is 554. The quantitative estimate of drug-likeness (QED) is 0.912. The third-order valence-electron chi connectivity index (χ3n) is 3.11. The van der Waals surface area contributed by atoms with Gasteiger partial charge in [-0.25, -0.2) is 9.78 Å². The van der Waals surface area contributed by atoms with Crippen LogP contribution in [-0.4, -0.2) is 29.1 Å². The minimum atomic E-state index is -0.995. The molecule has 0 aromatic carbocycles. The third kappa shape index (κ3) is 3.12. The van der Waals surface area contributed by atoms with E-state index in [1.165, 1.54) is 11.1 Å². The van der Waals surface area contributed by atoms with E-state index >= 15 is 0 Å². The van der Waals surface area contributed by atoms with Gasteiger partial charge in [0.2, 0.25) is 0 Å². The fourth-order valence-corrected chi connectivity index (χ4v) is 2.77. The maximum absolute atomic E-state index is 11.2. The Hall–Kier alpha value is -1.88. The Balaban J connectivity index is 2.19. The van der Waals surface area contributed by atoms with E-state index in [1.807, 2.05) is 18.0 Å². The molecule has 0 aliphatic carbocycles. The van der Waals surface area contributed by atoms with Crippen molar-refractivity contribution in [2.45, 2.75) is 19.4 Å². The molecule has 0 spiro atoms. The average molecular weight is 276 g/mol. The molecule has 1 unspecified atom stereocenters. The van der Waals surface area contributed by atoms with Gasteiger partial charge in [-0.15, -0.1) is 11.3 Å². The second kappa shape index (κ2) is 5.84. The number of thiophene rings is 1. The van der Waals surface area contributed by atoms with E-state index in [-0.39, 0.29) is 11.7 Å². The molecule has 0 fully saturated rings. The minimum absolute atomic E-state index is 0.100. The molecule has 2 heterocycles. The second-order valence-corrected chi connectivity index (χ2v) is 5.45. The number of aromatic carboxylic acids is 1. The maximum atomic E-state index is 11.2. The van der Waals surface area contributed by atoms with Crippen molar-refractivity contribution in [1.82, 2.24) is 4.98 Å². The number of carboxylic acids is 1. The maximum Gasteiger partial charge on any atom is 0.356 e. The summed E-state index contributed by atoms with van der Waals surface area (Å²) < 4.78 is 0. The first-order chi connectivity index (χ1) is 9.09. The van der Waals surface area contributed by atoms with Crippen molar-refractivity contribution in [1.29, 1.82) is 0 Å². The van der Waals surface area contributed by atoms with Gasteiger partial charge >= 0.3 is 5.97 Å². The summed E-state index contributed by atoms with van der Waals surface area (Å²) in [5, 5.41) is 11.2. The number of aromatic nitrogens is 1. The third-order valence-corrected chi connectivity index (χ3v) is 4.01. The minimum Gasteiger partial charge on any atom is -0.476 e. The van der Waals surface area contributed by atoms with Crippen LogP contribution in [0.5, 0.6) is 0 Å². The smallest absolute Gasteiger partial charge is 0.356 e. The molecule has 100 valence electrons. The number of anilines is 1. The Morgan fingerprint density at radius 1 is 1.47 bits per heavy atom. The number of carboxylic acid groups (broad SMARTS) is 1. The number of hydrogen-bond donors (Lipinski definition) is 1. The van der Waals surface area contributed by atoms with Crippen LogP contribution in [-0.2, 0) is 6.42 Å². The number of rotatable bonds is 5. The van der Waals surface area contributed by atoms with E-state index in [4.69, 9.17) is 5.11 Å². The lowest BCUT2D eigenvalue weighted by Gasteiger charge is -2.27. The molecule has 0 amide bonds. The van der Waals surface area contributed by atoms with Crippen LogP contribution in [0.2, 0.25) is 0 Å². The van der Waals surface area contributed by atoms with Gasteiger partial charge in [-0.1, -0.05) is 6.07 Å². The zero-order chi connectivity index (χ0) is 13.8. The molecule has 2 rings (SSSR count). The molecule has 0 aliphatic heterocycles. The van der Waals surface area contributed by atoms with Crippen LogP contribution < -0.4 is 4.90 Å². The molecule has 0 aliphatic rings. The lowest BCUT2D eigenvalue weighted by molar-refractivity contribution is 0.0691. The summed E-state index contributed by atoms with van der Waals surface area (Å²) >= 11 is 1.72. The van der Waals surface area contributed by atoms with E-state index in [0.29, 0.717) is 5.69 Å². The first-order valence-electron chi connectivity index (χ1n) is 6.03. The Morgan fingerprint density at radius 3 is 2.89 bits per heavy atom. The van der Waals surface area contributed by atoms with Crippen LogP contribution in [0.1, 0.15) is 22.3 Å². The first kappa shape index (κ1) is 13.5. The lowest BCUT2D eigenvalue weighted by Crippen LogP contribution is -2.32. The average Bonchev–Trinajstić information content (AvgIpc) is 2.90. The van der Waals surface area contributed by atoms with Crippen LogP contribution in [0.25, 0.3) is 0 Å². The monoisotopic (exact) mass is 276 g/mol. The highest BCUT2D eigenvalue weighted by molar-refractivity contribution is 7.09. The van der Waals surface area contributed by atoms with E-state index in [0.717, 1.165) is 6.42 Å². The SMILES string of the molecule is CC(Cc1cccs1)N(C)c1cccnc1C(=O)O.